The summed E-state index contributed by atoms with van der Waals surface area (Å²) in [5.41, 5.74) is -0.149. The van der Waals surface area contributed by atoms with E-state index in [0.29, 0.717) is 44.8 Å². The lowest BCUT2D eigenvalue weighted by Gasteiger charge is -2.34. The van der Waals surface area contributed by atoms with E-state index in [1.807, 2.05) is 0 Å². The first kappa shape index (κ1) is 16.8. The summed E-state index contributed by atoms with van der Waals surface area (Å²) < 4.78 is 32.0. The first-order valence-electron chi connectivity index (χ1n) is 8.14. The summed E-state index contributed by atoms with van der Waals surface area (Å²) in [6.45, 7) is 2.12. The van der Waals surface area contributed by atoms with Gasteiger partial charge >= 0.3 is 0 Å². The SMILES string of the molecule is O=C(COCC1CC1)N1CCN(C(=O)c2ccc(F)cc2F)CC1. The van der Waals surface area contributed by atoms with Crippen LogP contribution in [0.2, 0.25) is 0 Å². The second-order valence-corrected chi connectivity index (χ2v) is 6.26. The maximum absolute atomic E-state index is 13.7. The van der Waals surface area contributed by atoms with Crippen molar-refractivity contribution in [2.45, 2.75) is 12.8 Å². The predicted molar refractivity (Wildman–Crippen MR) is 82.4 cm³/mol. The van der Waals surface area contributed by atoms with Crippen molar-refractivity contribution in [2.24, 2.45) is 5.92 Å². The smallest absolute Gasteiger partial charge is 0.256 e. The number of hydrogen-bond donors (Lipinski definition) is 0. The van der Waals surface area contributed by atoms with Gasteiger partial charge in [-0.2, -0.15) is 0 Å². The Kier molecular flexibility index (Phi) is 5.08. The molecule has 24 heavy (non-hydrogen) atoms. The molecule has 1 aliphatic carbocycles. The zero-order chi connectivity index (χ0) is 17.1. The van der Waals surface area contributed by atoms with Gasteiger partial charge in [0, 0.05) is 32.2 Å². The molecule has 1 aromatic rings. The third-order valence-electron chi connectivity index (χ3n) is 4.36. The largest absolute Gasteiger partial charge is 0.371 e. The first-order chi connectivity index (χ1) is 11.5. The zero-order valence-electron chi connectivity index (χ0n) is 13.3. The van der Waals surface area contributed by atoms with Gasteiger partial charge in [0.2, 0.25) is 5.91 Å². The molecule has 1 saturated heterocycles. The molecule has 0 radical (unpaired) electrons. The van der Waals surface area contributed by atoms with E-state index in [0.717, 1.165) is 12.1 Å². The van der Waals surface area contributed by atoms with E-state index in [9.17, 15) is 18.4 Å². The molecule has 5 nitrogen and oxygen atoms in total. The summed E-state index contributed by atoms with van der Waals surface area (Å²) in [6, 6.07) is 2.91. The van der Waals surface area contributed by atoms with Crippen molar-refractivity contribution in [3.05, 3.63) is 35.4 Å². The van der Waals surface area contributed by atoms with Crippen LogP contribution in [-0.4, -0.2) is 61.0 Å². The Morgan fingerprint density at radius 1 is 1.08 bits per heavy atom. The lowest BCUT2D eigenvalue weighted by Crippen LogP contribution is -2.51. The van der Waals surface area contributed by atoms with E-state index < -0.39 is 17.5 Å². The summed E-state index contributed by atoms with van der Waals surface area (Å²) in [5, 5.41) is 0. The molecule has 0 aromatic heterocycles. The quantitative estimate of drug-likeness (QED) is 0.821. The second kappa shape index (κ2) is 7.25. The number of amides is 2. The number of halogens is 2. The van der Waals surface area contributed by atoms with Gasteiger partial charge < -0.3 is 14.5 Å². The molecule has 130 valence electrons. The van der Waals surface area contributed by atoms with Gasteiger partial charge in [0.1, 0.15) is 18.2 Å². The molecule has 0 bridgehead atoms. The van der Waals surface area contributed by atoms with Crippen molar-refractivity contribution in [1.29, 1.82) is 0 Å². The van der Waals surface area contributed by atoms with E-state index in [1.165, 1.54) is 17.7 Å². The van der Waals surface area contributed by atoms with Gasteiger partial charge in [0.05, 0.1) is 12.2 Å². The molecule has 0 atom stereocenters. The van der Waals surface area contributed by atoms with Crippen molar-refractivity contribution in [3.8, 4) is 0 Å². The summed E-state index contributed by atoms with van der Waals surface area (Å²) >= 11 is 0. The van der Waals surface area contributed by atoms with Gasteiger partial charge in [-0.1, -0.05) is 0 Å². The molecule has 2 fully saturated rings. The van der Waals surface area contributed by atoms with Gasteiger partial charge in [-0.15, -0.1) is 0 Å². The van der Waals surface area contributed by atoms with Crippen LogP contribution in [0.4, 0.5) is 8.78 Å². The summed E-state index contributed by atoms with van der Waals surface area (Å²) in [6.07, 6.45) is 2.35. The average molecular weight is 338 g/mol. The van der Waals surface area contributed by atoms with E-state index in [1.54, 1.807) is 4.90 Å². The summed E-state index contributed by atoms with van der Waals surface area (Å²) in [4.78, 5) is 27.5. The Hall–Kier alpha value is -2.02. The maximum Gasteiger partial charge on any atom is 0.256 e. The molecule has 1 heterocycles. The van der Waals surface area contributed by atoms with Gasteiger partial charge in [-0.25, -0.2) is 8.78 Å². The average Bonchev–Trinajstić information content (AvgIpc) is 3.39. The van der Waals surface area contributed by atoms with Crippen LogP contribution in [0, 0.1) is 17.6 Å². The molecule has 0 N–H and O–H groups in total. The summed E-state index contributed by atoms with van der Waals surface area (Å²) in [5.74, 6) is -1.55. The van der Waals surface area contributed by atoms with E-state index >= 15 is 0 Å². The van der Waals surface area contributed by atoms with Crippen molar-refractivity contribution in [1.82, 2.24) is 9.80 Å². The highest BCUT2D eigenvalue weighted by atomic mass is 19.1. The van der Waals surface area contributed by atoms with Crippen LogP contribution >= 0.6 is 0 Å². The highest BCUT2D eigenvalue weighted by Crippen LogP contribution is 2.28. The Balaban J connectivity index is 1.48. The molecule has 2 amide bonds. The number of rotatable bonds is 5. The fraction of sp³-hybridized carbons (Fsp3) is 0.529. The minimum absolute atomic E-state index is 0.0665. The Bertz CT molecular complexity index is 626. The lowest BCUT2D eigenvalue weighted by atomic mass is 10.1. The second-order valence-electron chi connectivity index (χ2n) is 6.26. The maximum atomic E-state index is 13.7. The van der Waals surface area contributed by atoms with Gasteiger partial charge in [-0.05, 0) is 30.9 Å². The monoisotopic (exact) mass is 338 g/mol. The van der Waals surface area contributed by atoms with E-state index in [4.69, 9.17) is 4.74 Å². The Labute approximate surface area is 139 Å². The molecule has 1 aromatic carbocycles. The van der Waals surface area contributed by atoms with E-state index in [-0.39, 0.29) is 18.1 Å². The van der Waals surface area contributed by atoms with Crippen LogP contribution in [0.1, 0.15) is 23.2 Å². The number of carbonyl (C=O) groups excluding carboxylic acids is 2. The minimum Gasteiger partial charge on any atom is -0.371 e. The van der Waals surface area contributed by atoms with Crippen molar-refractivity contribution in [2.75, 3.05) is 39.4 Å². The number of hydrogen-bond acceptors (Lipinski definition) is 3. The molecule has 2 aliphatic rings. The van der Waals surface area contributed by atoms with Gasteiger partial charge in [-0.3, -0.25) is 9.59 Å². The lowest BCUT2D eigenvalue weighted by molar-refractivity contribution is -0.137. The number of carbonyl (C=O) groups is 2. The molecular weight excluding hydrogens is 318 g/mol. The van der Waals surface area contributed by atoms with Crippen LogP contribution in [0.5, 0.6) is 0 Å². The van der Waals surface area contributed by atoms with Crippen molar-refractivity contribution in [3.63, 3.8) is 0 Å². The van der Waals surface area contributed by atoms with Crippen LogP contribution < -0.4 is 0 Å². The molecular formula is C17H20F2N2O3. The predicted octanol–water partition coefficient (Wildman–Crippen LogP) is 1.68. The number of benzene rings is 1. The minimum atomic E-state index is -0.869. The standard InChI is InChI=1S/C17H20F2N2O3/c18-13-3-4-14(15(19)9-13)17(23)21-7-5-20(6-8-21)16(22)11-24-10-12-1-2-12/h3-4,9,12H,1-2,5-8,10-11H2. The van der Waals surface area contributed by atoms with Crippen molar-refractivity contribution < 1.29 is 23.1 Å². The number of piperazine rings is 1. The molecule has 3 rings (SSSR count). The number of ether oxygens (including phenoxy) is 1. The highest BCUT2D eigenvalue weighted by molar-refractivity contribution is 5.94. The highest BCUT2D eigenvalue weighted by Gasteiger charge is 2.27. The molecule has 0 spiro atoms. The van der Waals surface area contributed by atoms with Gasteiger partial charge in [0.15, 0.2) is 0 Å². The fourth-order valence-corrected chi connectivity index (χ4v) is 2.68. The molecule has 7 heteroatoms. The van der Waals surface area contributed by atoms with Crippen LogP contribution in [0.15, 0.2) is 18.2 Å². The van der Waals surface area contributed by atoms with Crippen LogP contribution in [0.3, 0.4) is 0 Å². The molecule has 1 saturated carbocycles. The van der Waals surface area contributed by atoms with E-state index in [2.05, 4.69) is 0 Å². The third kappa shape index (κ3) is 4.08. The normalized spacial score (nSPS) is 17.9. The third-order valence-corrected chi connectivity index (χ3v) is 4.36. The summed E-state index contributed by atoms with van der Waals surface area (Å²) in [7, 11) is 0. The van der Waals surface area contributed by atoms with Crippen LogP contribution in [-0.2, 0) is 9.53 Å². The topological polar surface area (TPSA) is 49.9 Å². The molecule has 0 unspecified atom stereocenters. The molecule has 1 aliphatic heterocycles. The first-order valence-corrected chi connectivity index (χ1v) is 8.14. The van der Waals surface area contributed by atoms with Gasteiger partial charge in [0.25, 0.3) is 5.91 Å². The Morgan fingerprint density at radius 2 is 1.75 bits per heavy atom. The zero-order valence-corrected chi connectivity index (χ0v) is 13.3. The van der Waals surface area contributed by atoms with Crippen molar-refractivity contribution >= 4 is 11.8 Å². The fourth-order valence-electron chi connectivity index (χ4n) is 2.68. The number of nitrogens with zero attached hydrogens (tertiary/aromatic N) is 2. The Morgan fingerprint density at radius 3 is 2.38 bits per heavy atom. The van der Waals surface area contributed by atoms with Crippen LogP contribution in [0.25, 0.3) is 0 Å².